The minimum atomic E-state index is -0.467. The summed E-state index contributed by atoms with van der Waals surface area (Å²) >= 11 is 0. The number of carbonyl (C=O) groups excluding carboxylic acids is 1. The summed E-state index contributed by atoms with van der Waals surface area (Å²) in [7, 11) is 3.50. The second-order valence-corrected chi connectivity index (χ2v) is 4.43. The van der Waals surface area contributed by atoms with Crippen molar-refractivity contribution in [1.82, 2.24) is 4.90 Å². The number of rotatable bonds is 2. The average molecular weight is 219 g/mol. The summed E-state index contributed by atoms with van der Waals surface area (Å²) in [6.07, 6.45) is 0.834. The van der Waals surface area contributed by atoms with Crippen LogP contribution in [0, 0.1) is 0 Å². The first-order chi connectivity index (χ1) is 7.69. The first-order valence-corrected chi connectivity index (χ1v) is 5.51. The molecule has 1 aliphatic heterocycles. The molecule has 3 heteroatoms. The van der Waals surface area contributed by atoms with Crippen molar-refractivity contribution in [3.63, 3.8) is 0 Å². The Bertz CT molecular complexity index is 377. The van der Waals surface area contributed by atoms with Crippen molar-refractivity contribution in [3.05, 3.63) is 35.9 Å². The molecule has 0 amide bonds. The molecule has 86 valence electrons. The maximum Gasteiger partial charge on any atom is 0.317 e. The molecule has 0 aliphatic carbocycles. The van der Waals surface area contributed by atoms with Crippen molar-refractivity contribution in [1.29, 1.82) is 0 Å². The fourth-order valence-electron chi connectivity index (χ4n) is 2.47. The minimum Gasteiger partial charge on any atom is -0.468 e. The molecule has 1 aliphatic rings. The van der Waals surface area contributed by atoms with Crippen LogP contribution in [0.25, 0.3) is 0 Å². The average Bonchev–Trinajstić information content (AvgIpc) is 2.73. The number of hydrogen-bond acceptors (Lipinski definition) is 3. The lowest BCUT2D eigenvalue weighted by molar-refractivity contribution is -0.147. The largest absolute Gasteiger partial charge is 0.468 e. The van der Waals surface area contributed by atoms with Crippen LogP contribution in [-0.4, -0.2) is 38.1 Å². The molecular formula is C13H17NO2. The van der Waals surface area contributed by atoms with Crippen molar-refractivity contribution in [2.24, 2.45) is 0 Å². The SMILES string of the molecule is COC(=O)C1(c2ccccc2)CCN(C)C1. The van der Waals surface area contributed by atoms with Gasteiger partial charge in [0.2, 0.25) is 0 Å². The Labute approximate surface area is 96.0 Å². The number of likely N-dealkylation sites (tertiary alicyclic amines) is 1. The van der Waals surface area contributed by atoms with Crippen molar-refractivity contribution < 1.29 is 9.53 Å². The molecule has 0 bridgehead atoms. The molecule has 0 saturated carbocycles. The standard InChI is InChI=1S/C13H17NO2/c1-14-9-8-13(10-14,12(15)16-2)11-6-4-3-5-7-11/h3-7H,8-10H2,1-2H3. The van der Waals surface area contributed by atoms with E-state index in [0.29, 0.717) is 0 Å². The number of likely N-dealkylation sites (N-methyl/N-ethyl adjacent to an activating group) is 1. The van der Waals surface area contributed by atoms with Crippen LogP contribution >= 0.6 is 0 Å². The molecule has 1 unspecified atom stereocenters. The third-order valence-corrected chi connectivity index (χ3v) is 3.36. The summed E-state index contributed by atoms with van der Waals surface area (Å²) in [6, 6.07) is 9.93. The van der Waals surface area contributed by atoms with Gasteiger partial charge >= 0.3 is 5.97 Å². The van der Waals surface area contributed by atoms with E-state index in [1.807, 2.05) is 37.4 Å². The highest BCUT2D eigenvalue weighted by Crippen LogP contribution is 2.35. The number of methoxy groups -OCH3 is 1. The van der Waals surface area contributed by atoms with Gasteiger partial charge in [0.15, 0.2) is 0 Å². The molecule has 1 aromatic carbocycles. The Kier molecular flexibility index (Phi) is 2.97. The van der Waals surface area contributed by atoms with Crippen LogP contribution in [0.1, 0.15) is 12.0 Å². The topological polar surface area (TPSA) is 29.5 Å². The summed E-state index contributed by atoms with van der Waals surface area (Å²) in [5.41, 5.74) is 0.594. The fraction of sp³-hybridized carbons (Fsp3) is 0.462. The lowest BCUT2D eigenvalue weighted by atomic mass is 9.80. The summed E-state index contributed by atoms with van der Waals surface area (Å²) in [6.45, 7) is 1.67. The highest BCUT2D eigenvalue weighted by Gasteiger charge is 2.45. The molecule has 1 aromatic rings. The van der Waals surface area contributed by atoms with Gasteiger partial charge in [-0.05, 0) is 25.6 Å². The smallest absolute Gasteiger partial charge is 0.317 e. The normalized spacial score (nSPS) is 25.6. The van der Waals surface area contributed by atoms with E-state index in [2.05, 4.69) is 4.90 Å². The van der Waals surface area contributed by atoms with Gasteiger partial charge in [0.25, 0.3) is 0 Å². The first-order valence-electron chi connectivity index (χ1n) is 5.51. The summed E-state index contributed by atoms with van der Waals surface area (Å²) < 4.78 is 4.97. The molecule has 0 aromatic heterocycles. The maximum absolute atomic E-state index is 12.0. The maximum atomic E-state index is 12.0. The molecule has 0 spiro atoms. The monoisotopic (exact) mass is 219 g/mol. The van der Waals surface area contributed by atoms with E-state index in [9.17, 15) is 4.79 Å². The van der Waals surface area contributed by atoms with Crippen LogP contribution in [0.5, 0.6) is 0 Å². The molecule has 0 N–H and O–H groups in total. The van der Waals surface area contributed by atoms with Crippen LogP contribution in [-0.2, 0) is 14.9 Å². The number of carbonyl (C=O) groups is 1. The van der Waals surface area contributed by atoms with Crippen molar-refractivity contribution in [2.75, 3.05) is 27.2 Å². The summed E-state index contributed by atoms with van der Waals surface area (Å²) in [5, 5.41) is 0. The van der Waals surface area contributed by atoms with E-state index < -0.39 is 5.41 Å². The van der Waals surface area contributed by atoms with Gasteiger partial charge in [-0.2, -0.15) is 0 Å². The Balaban J connectivity index is 2.40. The van der Waals surface area contributed by atoms with Crippen LogP contribution < -0.4 is 0 Å². The van der Waals surface area contributed by atoms with Gasteiger partial charge in [-0.25, -0.2) is 0 Å². The Morgan fingerprint density at radius 1 is 1.38 bits per heavy atom. The Hall–Kier alpha value is -1.35. The zero-order chi connectivity index (χ0) is 11.6. The van der Waals surface area contributed by atoms with Crippen molar-refractivity contribution >= 4 is 5.97 Å². The van der Waals surface area contributed by atoms with Gasteiger partial charge in [-0.1, -0.05) is 30.3 Å². The third-order valence-electron chi connectivity index (χ3n) is 3.36. The highest BCUT2D eigenvalue weighted by molar-refractivity contribution is 5.84. The van der Waals surface area contributed by atoms with E-state index in [-0.39, 0.29) is 5.97 Å². The van der Waals surface area contributed by atoms with Crippen LogP contribution in [0.4, 0.5) is 0 Å². The second-order valence-electron chi connectivity index (χ2n) is 4.43. The molecule has 1 saturated heterocycles. The van der Waals surface area contributed by atoms with Gasteiger partial charge < -0.3 is 9.64 Å². The second kappa shape index (κ2) is 4.26. The quantitative estimate of drug-likeness (QED) is 0.705. The van der Waals surface area contributed by atoms with Gasteiger partial charge in [0.05, 0.1) is 7.11 Å². The number of hydrogen-bond donors (Lipinski definition) is 0. The number of benzene rings is 1. The highest BCUT2D eigenvalue weighted by atomic mass is 16.5. The predicted molar refractivity (Wildman–Crippen MR) is 62.3 cm³/mol. The van der Waals surface area contributed by atoms with Crippen LogP contribution in [0.3, 0.4) is 0 Å². The molecule has 1 heterocycles. The van der Waals surface area contributed by atoms with E-state index in [4.69, 9.17) is 4.74 Å². The third kappa shape index (κ3) is 1.71. The Morgan fingerprint density at radius 2 is 2.06 bits per heavy atom. The zero-order valence-corrected chi connectivity index (χ0v) is 9.77. The fourth-order valence-corrected chi connectivity index (χ4v) is 2.47. The zero-order valence-electron chi connectivity index (χ0n) is 9.77. The van der Waals surface area contributed by atoms with Crippen molar-refractivity contribution in [2.45, 2.75) is 11.8 Å². The molecule has 3 nitrogen and oxygen atoms in total. The predicted octanol–water partition coefficient (Wildman–Crippen LogP) is 1.43. The molecule has 0 radical (unpaired) electrons. The Morgan fingerprint density at radius 3 is 2.56 bits per heavy atom. The van der Waals surface area contributed by atoms with Gasteiger partial charge in [-0.3, -0.25) is 4.79 Å². The van der Waals surface area contributed by atoms with Gasteiger partial charge in [0, 0.05) is 6.54 Å². The molecule has 1 atom stereocenters. The molecule has 2 rings (SSSR count). The lowest BCUT2D eigenvalue weighted by Gasteiger charge is -2.26. The van der Waals surface area contributed by atoms with E-state index in [1.54, 1.807) is 0 Å². The number of nitrogens with zero attached hydrogens (tertiary/aromatic N) is 1. The lowest BCUT2D eigenvalue weighted by Crippen LogP contribution is -2.39. The van der Waals surface area contributed by atoms with Crippen LogP contribution in [0.15, 0.2) is 30.3 Å². The summed E-state index contributed by atoms with van der Waals surface area (Å²) in [5.74, 6) is -0.122. The van der Waals surface area contributed by atoms with E-state index >= 15 is 0 Å². The van der Waals surface area contributed by atoms with Gasteiger partial charge in [-0.15, -0.1) is 0 Å². The molecule has 16 heavy (non-hydrogen) atoms. The van der Waals surface area contributed by atoms with E-state index in [0.717, 1.165) is 25.1 Å². The number of ether oxygens (including phenoxy) is 1. The molecule has 1 fully saturated rings. The molecular weight excluding hydrogens is 202 g/mol. The van der Waals surface area contributed by atoms with Gasteiger partial charge in [0.1, 0.15) is 5.41 Å². The van der Waals surface area contributed by atoms with E-state index in [1.165, 1.54) is 7.11 Å². The van der Waals surface area contributed by atoms with Crippen molar-refractivity contribution in [3.8, 4) is 0 Å². The first kappa shape index (κ1) is 11.1. The van der Waals surface area contributed by atoms with Crippen LogP contribution in [0.2, 0.25) is 0 Å². The number of esters is 1. The minimum absolute atomic E-state index is 0.122. The summed E-state index contributed by atoms with van der Waals surface area (Å²) in [4.78, 5) is 14.2.